The monoisotopic (exact) mass is 255 g/mol. The van der Waals surface area contributed by atoms with Crippen molar-refractivity contribution in [2.45, 2.75) is 24.8 Å². The molecule has 2 rings (SSSR count). The second-order valence-electron chi connectivity index (χ2n) is 4.34. The molecule has 1 fully saturated rings. The van der Waals surface area contributed by atoms with Gasteiger partial charge in [-0.15, -0.1) is 0 Å². The molecule has 0 unspecified atom stereocenters. The molecule has 5 nitrogen and oxygen atoms in total. The Bertz CT molecular complexity index is 441. The lowest BCUT2D eigenvalue weighted by molar-refractivity contribution is 0.0642. The number of hydrogen-bond donors (Lipinski definition) is 3. The van der Waals surface area contributed by atoms with Crippen LogP contribution in [-0.2, 0) is 0 Å². The van der Waals surface area contributed by atoms with Crippen molar-refractivity contribution in [3.63, 3.8) is 0 Å². The second-order valence-corrected chi connectivity index (χ2v) is 4.73. The number of carbonyl (C=O) groups is 1. The van der Waals surface area contributed by atoms with Gasteiger partial charge >= 0.3 is 0 Å². The number of aliphatic hydroxyl groups excluding tert-OH is 1. The molecule has 0 atom stereocenters. The highest BCUT2D eigenvalue weighted by molar-refractivity contribution is 6.29. The summed E-state index contributed by atoms with van der Waals surface area (Å²) in [5, 5.41) is 12.3. The van der Waals surface area contributed by atoms with Crippen LogP contribution in [0.5, 0.6) is 0 Å². The lowest BCUT2D eigenvalue weighted by atomic mass is 9.77. The van der Waals surface area contributed by atoms with Gasteiger partial charge < -0.3 is 16.2 Å². The standard InChI is InChI=1S/C11H14ClN3O2/c12-9-4-7(8(13)5-14-9)10(17)15-11(6-16)2-1-3-11/h4-5,16H,1-3,6,13H2,(H,15,17). The predicted molar refractivity (Wildman–Crippen MR) is 64.8 cm³/mol. The molecule has 1 saturated carbocycles. The molecular formula is C11H14ClN3O2. The van der Waals surface area contributed by atoms with Crippen LogP contribution in [0, 0.1) is 0 Å². The number of carbonyl (C=O) groups excluding carboxylic acids is 1. The topological polar surface area (TPSA) is 88.2 Å². The molecule has 17 heavy (non-hydrogen) atoms. The molecule has 1 aliphatic carbocycles. The van der Waals surface area contributed by atoms with Crippen LogP contribution in [0.3, 0.4) is 0 Å². The minimum atomic E-state index is -0.487. The summed E-state index contributed by atoms with van der Waals surface area (Å²) in [6.07, 6.45) is 3.93. The molecular weight excluding hydrogens is 242 g/mol. The van der Waals surface area contributed by atoms with E-state index >= 15 is 0 Å². The first-order valence-electron chi connectivity index (χ1n) is 5.41. The Morgan fingerprint density at radius 2 is 2.35 bits per heavy atom. The molecule has 0 aliphatic heterocycles. The zero-order valence-corrected chi connectivity index (χ0v) is 10.00. The van der Waals surface area contributed by atoms with E-state index in [-0.39, 0.29) is 23.4 Å². The molecule has 1 amide bonds. The fraction of sp³-hybridized carbons (Fsp3) is 0.455. The number of aliphatic hydroxyl groups is 1. The molecule has 4 N–H and O–H groups in total. The largest absolute Gasteiger partial charge is 0.397 e. The quantitative estimate of drug-likeness (QED) is 0.702. The van der Waals surface area contributed by atoms with Gasteiger partial charge in [-0.3, -0.25) is 4.79 Å². The average molecular weight is 256 g/mol. The zero-order chi connectivity index (χ0) is 12.5. The van der Waals surface area contributed by atoms with E-state index in [1.54, 1.807) is 0 Å². The van der Waals surface area contributed by atoms with Gasteiger partial charge in [-0.05, 0) is 25.3 Å². The fourth-order valence-electron chi connectivity index (χ4n) is 1.87. The van der Waals surface area contributed by atoms with Crippen molar-refractivity contribution in [2.24, 2.45) is 0 Å². The summed E-state index contributed by atoms with van der Waals surface area (Å²) in [7, 11) is 0. The number of hydrogen-bond acceptors (Lipinski definition) is 4. The first-order chi connectivity index (χ1) is 8.06. The molecule has 1 aromatic rings. The fourth-order valence-corrected chi connectivity index (χ4v) is 2.03. The molecule has 92 valence electrons. The molecule has 1 aliphatic rings. The highest BCUT2D eigenvalue weighted by atomic mass is 35.5. The smallest absolute Gasteiger partial charge is 0.254 e. The van der Waals surface area contributed by atoms with E-state index in [4.69, 9.17) is 17.3 Å². The van der Waals surface area contributed by atoms with Gasteiger partial charge in [0.1, 0.15) is 5.15 Å². The molecule has 6 heteroatoms. The van der Waals surface area contributed by atoms with E-state index in [1.807, 2.05) is 0 Å². The zero-order valence-electron chi connectivity index (χ0n) is 9.24. The molecule has 0 radical (unpaired) electrons. The van der Waals surface area contributed by atoms with Crippen molar-refractivity contribution in [1.82, 2.24) is 10.3 Å². The van der Waals surface area contributed by atoms with Crippen LogP contribution in [0.25, 0.3) is 0 Å². The molecule has 0 bridgehead atoms. The van der Waals surface area contributed by atoms with Crippen molar-refractivity contribution >= 4 is 23.2 Å². The number of aromatic nitrogens is 1. The number of rotatable bonds is 3. The minimum absolute atomic E-state index is 0.0581. The third-order valence-corrected chi connectivity index (χ3v) is 3.34. The van der Waals surface area contributed by atoms with Crippen molar-refractivity contribution in [3.05, 3.63) is 23.0 Å². The Kier molecular flexibility index (Phi) is 3.22. The van der Waals surface area contributed by atoms with E-state index in [0.717, 1.165) is 19.3 Å². The number of halogens is 1. The van der Waals surface area contributed by atoms with Gasteiger partial charge in [0.05, 0.1) is 29.6 Å². The summed E-state index contributed by atoms with van der Waals surface area (Å²) in [4.78, 5) is 15.8. The maximum absolute atomic E-state index is 12.0. The Morgan fingerprint density at radius 3 is 2.88 bits per heavy atom. The van der Waals surface area contributed by atoms with Crippen LogP contribution in [-0.4, -0.2) is 28.1 Å². The molecule has 0 aromatic carbocycles. The maximum Gasteiger partial charge on any atom is 0.254 e. The number of anilines is 1. The van der Waals surface area contributed by atoms with Crippen LogP contribution < -0.4 is 11.1 Å². The summed E-state index contributed by atoms with van der Waals surface area (Å²) in [5.74, 6) is -0.319. The highest BCUT2D eigenvalue weighted by Gasteiger charge is 2.38. The van der Waals surface area contributed by atoms with Crippen molar-refractivity contribution in [2.75, 3.05) is 12.3 Å². The molecule has 1 aromatic heterocycles. The Labute approximate surface area is 104 Å². The minimum Gasteiger partial charge on any atom is -0.397 e. The number of nitrogens with two attached hydrogens (primary N) is 1. The Balaban J connectivity index is 2.17. The van der Waals surface area contributed by atoms with Crippen LogP contribution in [0.15, 0.2) is 12.3 Å². The van der Waals surface area contributed by atoms with Gasteiger partial charge in [0, 0.05) is 0 Å². The normalized spacial score (nSPS) is 17.3. The molecule has 0 spiro atoms. The second kappa shape index (κ2) is 4.50. The van der Waals surface area contributed by atoms with Crippen LogP contribution in [0.1, 0.15) is 29.6 Å². The van der Waals surface area contributed by atoms with Crippen LogP contribution in [0.2, 0.25) is 5.15 Å². The van der Waals surface area contributed by atoms with Gasteiger partial charge in [0.15, 0.2) is 0 Å². The first-order valence-corrected chi connectivity index (χ1v) is 5.78. The lowest BCUT2D eigenvalue weighted by Gasteiger charge is -2.41. The number of pyridine rings is 1. The van der Waals surface area contributed by atoms with E-state index in [1.165, 1.54) is 12.3 Å². The van der Waals surface area contributed by atoms with E-state index in [2.05, 4.69) is 10.3 Å². The Morgan fingerprint density at radius 1 is 1.65 bits per heavy atom. The SMILES string of the molecule is Nc1cnc(Cl)cc1C(=O)NC1(CO)CCC1. The third-order valence-electron chi connectivity index (χ3n) is 3.14. The number of amides is 1. The number of nitrogens with zero attached hydrogens (tertiary/aromatic N) is 1. The summed E-state index contributed by atoms with van der Waals surface area (Å²) in [5.41, 5.74) is 5.75. The summed E-state index contributed by atoms with van der Waals surface area (Å²) >= 11 is 5.72. The Hall–Kier alpha value is -1.33. The van der Waals surface area contributed by atoms with Gasteiger partial charge in [0.25, 0.3) is 5.91 Å². The summed E-state index contributed by atoms with van der Waals surface area (Å²) in [6, 6.07) is 1.43. The van der Waals surface area contributed by atoms with Gasteiger partial charge in [-0.1, -0.05) is 11.6 Å². The van der Waals surface area contributed by atoms with E-state index in [0.29, 0.717) is 5.56 Å². The van der Waals surface area contributed by atoms with Gasteiger partial charge in [0.2, 0.25) is 0 Å². The van der Waals surface area contributed by atoms with Crippen molar-refractivity contribution in [1.29, 1.82) is 0 Å². The molecule has 0 saturated heterocycles. The van der Waals surface area contributed by atoms with Crippen molar-refractivity contribution < 1.29 is 9.90 Å². The molecule has 1 heterocycles. The maximum atomic E-state index is 12.0. The number of nitrogens with one attached hydrogen (secondary N) is 1. The van der Waals surface area contributed by atoms with Crippen molar-refractivity contribution in [3.8, 4) is 0 Å². The van der Waals surface area contributed by atoms with Crippen LogP contribution in [0.4, 0.5) is 5.69 Å². The first kappa shape index (κ1) is 12.1. The van der Waals surface area contributed by atoms with Crippen LogP contribution >= 0.6 is 11.6 Å². The highest BCUT2D eigenvalue weighted by Crippen LogP contribution is 2.31. The third kappa shape index (κ3) is 2.35. The van der Waals surface area contributed by atoms with Gasteiger partial charge in [-0.2, -0.15) is 0 Å². The van der Waals surface area contributed by atoms with E-state index < -0.39 is 5.54 Å². The summed E-state index contributed by atoms with van der Waals surface area (Å²) in [6.45, 7) is -0.0581. The average Bonchev–Trinajstić information content (AvgIpc) is 2.26. The lowest BCUT2D eigenvalue weighted by Crippen LogP contribution is -2.56. The van der Waals surface area contributed by atoms with E-state index in [9.17, 15) is 9.90 Å². The summed E-state index contributed by atoms with van der Waals surface area (Å²) < 4.78 is 0. The van der Waals surface area contributed by atoms with Gasteiger partial charge in [-0.25, -0.2) is 4.98 Å². The predicted octanol–water partition coefficient (Wildman–Crippen LogP) is 0.962. The number of nitrogen functional groups attached to an aromatic ring is 1.